The minimum atomic E-state index is -0.453. The molecule has 2 N–H and O–H groups in total. The molecule has 4 heterocycles. The summed E-state index contributed by atoms with van der Waals surface area (Å²) in [6.07, 6.45) is 1.65. The van der Waals surface area contributed by atoms with E-state index in [-0.39, 0.29) is 12.2 Å². The first-order valence-corrected chi connectivity index (χ1v) is 9.85. The van der Waals surface area contributed by atoms with Gasteiger partial charge < -0.3 is 14.9 Å². The van der Waals surface area contributed by atoms with E-state index in [9.17, 15) is 9.59 Å². The maximum atomic E-state index is 13.4. The van der Waals surface area contributed by atoms with Crippen LogP contribution in [0.15, 0.2) is 46.1 Å². The quantitative estimate of drug-likeness (QED) is 0.457. The Bertz CT molecular complexity index is 1610. The zero-order chi connectivity index (χ0) is 22.0. The van der Waals surface area contributed by atoms with Gasteiger partial charge in [-0.05, 0) is 24.3 Å². The summed E-state index contributed by atoms with van der Waals surface area (Å²) in [5.41, 5.74) is 7.17. The van der Waals surface area contributed by atoms with E-state index in [0.29, 0.717) is 22.3 Å². The van der Waals surface area contributed by atoms with Crippen molar-refractivity contribution in [3.8, 4) is 5.95 Å². The van der Waals surface area contributed by atoms with Crippen molar-refractivity contribution >= 4 is 39.5 Å². The van der Waals surface area contributed by atoms with Gasteiger partial charge in [0.1, 0.15) is 5.82 Å². The van der Waals surface area contributed by atoms with Crippen molar-refractivity contribution in [3.63, 3.8) is 0 Å². The third-order valence-electron chi connectivity index (χ3n) is 5.57. The normalized spacial score (nSPS) is 11.7. The number of hydrogen-bond acceptors (Lipinski definition) is 5. The molecule has 0 unspecified atom stereocenters. The lowest BCUT2D eigenvalue weighted by Crippen LogP contribution is -2.40. The number of halogens is 1. The Balaban J connectivity index is 1.72. The summed E-state index contributed by atoms with van der Waals surface area (Å²) in [6.45, 7) is 0.111. The Labute approximate surface area is 180 Å². The molecule has 31 heavy (non-hydrogen) atoms. The van der Waals surface area contributed by atoms with E-state index in [1.54, 1.807) is 30.9 Å². The fraction of sp³-hybridized carbons (Fsp3) is 0.200. The topological polar surface area (TPSA) is 111 Å². The number of aryl methyl sites for hydroxylation is 3. The second-order valence-corrected chi connectivity index (χ2v) is 7.90. The number of hydrogen-bond donors (Lipinski definition) is 1. The molecule has 11 heteroatoms. The lowest BCUT2D eigenvalue weighted by Gasteiger charge is -2.10. The minimum Gasteiger partial charge on any atom is -0.382 e. The summed E-state index contributed by atoms with van der Waals surface area (Å²) in [7, 11) is 5.19. The Morgan fingerprint density at radius 2 is 1.81 bits per heavy atom. The molecule has 0 amide bonds. The Hall–Kier alpha value is -3.79. The lowest BCUT2D eigenvalue weighted by atomic mass is 10.2. The van der Waals surface area contributed by atoms with Crippen LogP contribution < -0.4 is 17.0 Å². The minimum absolute atomic E-state index is 0.111. The van der Waals surface area contributed by atoms with Crippen LogP contribution in [0.5, 0.6) is 0 Å². The van der Waals surface area contributed by atoms with E-state index in [2.05, 4.69) is 10.1 Å². The number of nitrogens with two attached hydrogens (primary N) is 1. The monoisotopic (exact) mass is 438 g/mol. The maximum absolute atomic E-state index is 13.4. The number of nitrogens with zero attached hydrogens (tertiary/aromatic N) is 7. The van der Waals surface area contributed by atoms with Gasteiger partial charge in [0, 0.05) is 55.0 Å². The summed E-state index contributed by atoms with van der Waals surface area (Å²) in [5, 5.41) is 5.72. The van der Waals surface area contributed by atoms with Gasteiger partial charge in [-0.1, -0.05) is 11.6 Å². The highest BCUT2D eigenvalue weighted by Crippen LogP contribution is 2.23. The first-order valence-electron chi connectivity index (χ1n) is 9.48. The number of fused-ring (bicyclic) bond motifs is 2. The zero-order valence-electron chi connectivity index (χ0n) is 17.1. The molecule has 10 nitrogen and oxygen atoms in total. The zero-order valence-corrected chi connectivity index (χ0v) is 17.8. The predicted octanol–water partition coefficient (Wildman–Crippen LogP) is 1.39. The van der Waals surface area contributed by atoms with Crippen LogP contribution in [0.3, 0.4) is 0 Å². The second-order valence-electron chi connectivity index (χ2n) is 7.46. The van der Waals surface area contributed by atoms with Crippen molar-refractivity contribution in [1.82, 2.24) is 33.0 Å². The van der Waals surface area contributed by atoms with E-state index >= 15 is 0 Å². The van der Waals surface area contributed by atoms with E-state index in [1.165, 1.54) is 13.8 Å². The Kier molecular flexibility index (Phi) is 4.09. The van der Waals surface area contributed by atoms with E-state index in [1.807, 2.05) is 35.9 Å². The SMILES string of the molecule is Cn1c(Cn2c(=O)c3c(nc(-n4ccc(N)n4)n3C)n(C)c2=O)cc2cc(Cl)ccc21. The van der Waals surface area contributed by atoms with E-state index in [0.717, 1.165) is 16.6 Å². The summed E-state index contributed by atoms with van der Waals surface area (Å²) in [5.74, 6) is 0.713. The average Bonchev–Trinajstić information content (AvgIpc) is 3.39. The van der Waals surface area contributed by atoms with Crippen LogP contribution in [0.25, 0.3) is 28.0 Å². The molecule has 158 valence electrons. The molecule has 0 radical (unpaired) electrons. The largest absolute Gasteiger partial charge is 0.382 e. The van der Waals surface area contributed by atoms with Gasteiger partial charge in [0.15, 0.2) is 11.2 Å². The summed E-state index contributed by atoms with van der Waals surface area (Å²) < 4.78 is 7.61. The van der Waals surface area contributed by atoms with Crippen LogP contribution in [-0.4, -0.2) is 33.0 Å². The molecule has 0 aliphatic heterocycles. The molecule has 0 spiro atoms. The number of benzene rings is 1. The molecular formula is C20H19ClN8O2. The van der Waals surface area contributed by atoms with Crippen molar-refractivity contribution in [2.75, 3.05) is 5.73 Å². The molecule has 0 aliphatic carbocycles. The highest BCUT2D eigenvalue weighted by Gasteiger charge is 2.20. The van der Waals surface area contributed by atoms with Gasteiger partial charge in [0.2, 0.25) is 5.95 Å². The van der Waals surface area contributed by atoms with Crippen LogP contribution in [0.4, 0.5) is 5.82 Å². The highest BCUT2D eigenvalue weighted by molar-refractivity contribution is 6.31. The van der Waals surface area contributed by atoms with Crippen molar-refractivity contribution < 1.29 is 0 Å². The molecule has 0 saturated carbocycles. The number of aromatic nitrogens is 7. The molecule has 5 aromatic rings. The maximum Gasteiger partial charge on any atom is 0.332 e. The van der Waals surface area contributed by atoms with Crippen molar-refractivity contribution in [2.24, 2.45) is 21.1 Å². The van der Waals surface area contributed by atoms with Gasteiger partial charge in [0.25, 0.3) is 5.56 Å². The van der Waals surface area contributed by atoms with Crippen LogP contribution in [0.2, 0.25) is 5.02 Å². The Morgan fingerprint density at radius 3 is 2.52 bits per heavy atom. The fourth-order valence-corrected chi connectivity index (χ4v) is 4.10. The molecule has 0 fully saturated rings. The molecule has 4 aromatic heterocycles. The predicted molar refractivity (Wildman–Crippen MR) is 119 cm³/mol. The number of nitrogen functional groups attached to an aromatic ring is 1. The Morgan fingerprint density at radius 1 is 1.03 bits per heavy atom. The van der Waals surface area contributed by atoms with Crippen LogP contribution in [0, 0.1) is 0 Å². The molecule has 0 aliphatic rings. The van der Waals surface area contributed by atoms with E-state index < -0.39 is 11.2 Å². The summed E-state index contributed by atoms with van der Waals surface area (Å²) in [4.78, 5) is 30.9. The van der Waals surface area contributed by atoms with Crippen molar-refractivity contribution in [3.05, 3.63) is 68.1 Å². The third kappa shape index (κ3) is 2.79. The first kappa shape index (κ1) is 19.2. The van der Waals surface area contributed by atoms with Gasteiger partial charge in [-0.15, -0.1) is 5.10 Å². The van der Waals surface area contributed by atoms with Crippen molar-refractivity contribution in [1.29, 1.82) is 0 Å². The lowest BCUT2D eigenvalue weighted by molar-refractivity contribution is 0.632. The fourth-order valence-electron chi connectivity index (χ4n) is 3.92. The first-order chi connectivity index (χ1) is 14.8. The molecule has 1 aromatic carbocycles. The van der Waals surface area contributed by atoms with E-state index in [4.69, 9.17) is 17.3 Å². The van der Waals surface area contributed by atoms with Crippen LogP contribution >= 0.6 is 11.6 Å². The van der Waals surface area contributed by atoms with Gasteiger partial charge in [-0.25, -0.2) is 9.48 Å². The molecular weight excluding hydrogens is 420 g/mol. The summed E-state index contributed by atoms with van der Waals surface area (Å²) >= 11 is 6.11. The molecule has 0 atom stereocenters. The van der Waals surface area contributed by atoms with Gasteiger partial charge >= 0.3 is 5.69 Å². The molecule has 5 rings (SSSR count). The molecule has 0 bridgehead atoms. The van der Waals surface area contributed by atoms with Crippen LogP contribution in [-0.2, 0) is 27.7 Å². The molecule has 0 saturated heterocycles. The van der Waals surface area contributed by atoms with Crippen molar-refractivity contribution in [2.45, 2.75) is 6.54 Å². The van der Waals surface area contributed by atoms with Gasteiger partial charge in [0.05, 0.1) is 6.54 Å². The smallest absolute Gasteiger partial charge is 0.332 e. The number of rotatable bonds is 3. The number of anilines is 1. The number of imidazole rings is 1. The van der Waals surface area contributed by atoms with Crippen LogP contribution in [0.1, 0.15) is 5.69 Å². The second kappa shape index (κ2) is 6.61. The standard InChI is InChI=1S/C20H19ClN8O2/c1-25-13(9-11-8-12(21)4-5-14(11)25)10-28-18(30)16-17(27(3)20(28)31)23-19(26(16)2)29-7-6-15(22)24-29/h4-9H,10H2,1-3H3,(H2,22,24). The summed E-state index contributed by atoms with van der Waals surface area (Å²) in [6, 6.07) is 9.13. The van der Waals surface area contributed by atoms with Gasteiger partial charge in [-0.2, -0.15) is 4.98 Å². The highest BCUT2D eigenvalue weighted by atomic mass is 35.5. The average molecular weight is 439 g/mol. The van der Waals surface area contributed by atoms with Gasteiger partial charge in [-0.3, -0.25) is 13.9 Å². The third-order valence-corrected chi connectivity index (χ3v) is 5.81.